The first-order valence-electron chi connectivity index (χ1n) is 6.18. The molecule has 0 aliphatic carbocycles. The van der Waals surface area contributed by atoms with Crippen LogP contribution in [0.3, 0.4) is 0 Å². The summed E-state index contributed by atoms with van der Waals surface area (Å²) < 4.78 is 11.1. The molecule has 0 aliphatic heterocycles. The molecule has 19 heavy (non-hydrogen) atoms. The van der Waals surface area contributed by atoms with E-state index in [0.717, 1.165) is 17.9 Å². The molecule has 100 valence electrons. The largest absolute Gasteiger partial charge is 0.477 e. The lowest BCUT2D eigenvalue weighted by molar-refractivity contribution is 0.318. The van der Waals surface area contributed by atoms with E-state index in [4.69, 9.17) is 9.47 Å². The maximum Gasteiger partial charge on any atom is 0.241 e. The monoisotopic (exact) mass is 259 g/mol. The summed E-state index contributed by atoms with van der Waals surface area (Å²) in [7, 11) is 1.90. The summed E-state index contributed by atoms with van der Waals surface area (Å²) in [5.74, 6) is 1.65. The Morgan fingerprint density at radius 1 is 1.16 bits per heavy atom. The number of rotatable bonds is 6. The number of hydrogen-bond donors (Lipinski definition) is 1. The normalized spacial score (nSPS) is 10.2. The minimum atomic E-state index is 0.425. The molecule has 1 N–H and O–H groups in total. The molecular weight excluding hydrogens is 242 g/mol. The molecule has 1 aromatic carbocycles. The van der Waals surface area contributed by atoms with Gasteiger partial charge in [-0.3, -0.25) is 4.98 Å². The second kappa shape index (κ2) is 6.70. The minimum Gasteiger partial charge on any atom is -0.477 e. The van der Waals surface area contributed by atoms with Crippen molar-refractivity contribution in [1.29, 1.82) is 0 Å². The van der Waals surface area contributed by atoms with Gasteiger partial charge in [0, 0.05) is 12.1 Å². The van der Waals surface area contributed by atoms with Crippen molar-refractivity contribution in [2.75, 3.05) is 13.7 Å². The van der Waals surface area contributed by atoms with Gasteiger partial charge in [0.2, 0.25) is 11.8 Å². The zero-order chi connectivity index (χ0) is 13.5. The quantitative estimate of drug-likeness (QED) is 0.863. The van der Waals surface area contributed by atoms with Gasteiger partial charge in [-0.1, -0.05) is 18.2 Å². The molecule has 5 heteroatoms. The Bertz CT molecular complexity index is 532. The molecule has 1 aromatic heterocycles. The van der Waals surface area contributed by atoms with E-state index in [-0.39, 0.29) is 0 Å². The van der Waals surface area contributed by atoms with Crippen LogP contribution in [0.4, 0.5) is 0 Å². The van der Waals surface area contributed by atoms with Gasteiger partial charge in [0.05, 0.1) is 19.0 Å². The molecule has 0 amide bonds. The predicted octanol–water partition coefficient (Wildman–Crippen LogP) is 2.39. The van der Waals surface area contributed by atoms with Crippen LogP contribution in [0, 0.1) is 0 Å². The Morgan fingerprint density at radius 3 is 2.74 bits per heavy atom. The Kier molecular flexibility index (Phi) is 4.69. The smallest absolute Gasteiger partial charge is 0.241 e. The highest BCUT2D eigenvalue weighted by Gasteiger charge is 2.06. The molecule has 2 aromatic rings. The third kappa shape index (κ3) is 3.66. The molecule has 1 heterocycles. The number of hydrogen-bond acceptors (Lipinski definition) is 5. The maximum atomic E-state index is 5.76. The van der Waals surface area contributed by atoms with Gasteiger partial charge in [-0.25, -0.2) is 0 Å². The van der Waals surface area contributed by atoms with Gasteiger partial charge in [-0.15, -0.1) is 0 Å². The second-order valence-corrected chi connectivity index (χ2v) is 3.87. The standard InChI is InChI=1S/C14H17N3O2/c1-3-18-13-9-16-10-14(17-13)19-12-7-5-4-6-11(12)8-15-2/h4-7,9-10,15H,3,8H2,1-2H3. The molecular formula is C14H17N3O2. The van der Waals surface area contributed by atoms with E-state index in [1.165, 1.54) is 0 Å². The number of nitrogens with zero attached hydrogens (tertiary/aromatic N) is 2. The fourth-order valence-corrected chi connectivity index (χ4v) is 1.65. The van der Waals surface area contributed by atoms with E-state index in [1.54, 1.807) is 12.4 Å². The summed E-state index contributed by atoms with van der Waals surface area (Å²) in [4.78, 5) is 8.28. The molecule has 0 fully saturated rings. The van der Waals surface area contributed by atoms with Crippen molar-refractivity contribution >= 4 is 0 Å². The summed E-state index contributed by atoms with van der Waals surface area (Å²) >= 11 is 0. The fourth-order valence-electron chi connectivity index (χ4n) is 1.65. The van der Waals surface area contributed by atoms with Crippen LogP contribution < -0.4 is 14.8 Å². The lowest BCUT2D eigenvalue weighted by Crippen LogP contribution is -2.06. The number of aromatic nitrogens is 2. The van der Waals surface area contributed by atoms with Gasteiger partial charge in [0.1, 0.15) is 5.75 Å². The van der Waals surface area contributed by atoms with Crippen molar-refractivity contribution < 1.29 is 9.47 Å². The molecule has 0 saturated heterocycles. The minimum absolute atomic E-state index is 0.425. The third-order valence-corrected chi connectivity index (χ3v) is 2.44. The first-order chi connectivity index (χ1) is 9.33. The van der Waals surface area contributed by atoms with Crippen LogP contribution in [0.25, 0.3) is 0 Å². The highest BCUT2D eigenvalue weighted by molar-refractivity contribution is 5.35. The summed E-state index contributed by atoms with van der Waals surface area (Å²) in [5.41, 5.74) is 1.06. The van der Waals surface area contributed by atoms with E-state index in [1.807, 2.05) is 38.2 Å². The van der Waals surface area contributed by atoms with E-state index in [0.29, 0.717) is 18.4 Å². The topological polar surface area (TPSA) is 56.3 Å². The Balaban J connectivity index is 2.18. The zero-order valence-electron chi connectivity index (χ0n) is 11.1. The van der Waals surface area contributed by atoms with Crippen LogP contribution in [0.5, 0.6) is 17.5 Å². The van der Waals surface area contributed by atoms with Crippen LogP contribution in [0.2, 0.25) is 0 Å². The highest BCUT2D eigenvalue weighted by Crippen LogP contribution is 2.24. The Morgan fingerprint density at radius 2 is 1.95 bits per heavy atom. The van der Waals surface area contributed by atoms with Crippen molar-refractivity contribution in [2.45, 2.75) is 13.5 Å². The molecule has 0 bridgehead atoms. The number of benzene rings is 1. The van der Waals surface area contributed by atoms with Crippen LogP contribution in [0.15, 0.2) is 36.7 Å². The molecule has 0 spiro atoms. The number of ether oxygens (including phenoxy) is 2. The maximum absolute atomic E-state index is 5.76. The molecule has 0 radical (unpaired) electrons. The van der Waals surface area contributed by atoms with Gasteiger partial charge in [-0.05, 0) is 20.0 Å². The molecule has 5 nitrogen and oxygen atoms in total. The van der Waals surface area contributed by atoms with Gasteiger partial charge < -0.3 is 14.8 Å². The van der Waals surface area contributed by atoms with Crippen LogP contribution in [0.1, 0.15) is 12.5 Å². The summed E-state index contributed by atoms with van der Waals surface area (Å²) in [6.45, 7) is 3.18. The van der Waals surface area contributed by atoms with Gasteiger partial charge in [0.15, 0.2) is 0 Å². The molecule has 0 atom stereocenters. The lowest BCUT2D eigenvalue weighted by Gasteiger charge is -2.10. The van der Waals surface area contributed by atoms with Crippen molar-refractivity contribution in [2.24, 2.45) is 0 Å². The predicted molar refractivity (Wildman–Crippen MR) is 72.5 cm³/mol. The first kappa shape index (κ1) is 13.3. The molecule has 0 unspecified atom stereocenters. The molecule has 2 rings (SSSR count). The zero-order valence-corrected chi connectivity index (χ0v) is 11.1. The molecule has 0 saturated carbocycles. The number of nitrogens with one attached hydrogen (secondary N) is 1. The summed E-state index contributed by atoms with van der Waals surface area (Å²) in [6.07, 6.45) is 3.13. The van der Waals surface area contributed by atoms with Gasteiger partial charge in [0.25, 0.3) is 0 Å². The average molecular weight is 259 g/mol. The van der Waals surface area contributed by atoms with E-state index >= 15 is 0 Å². The van der Waals surface area contributed by atoms with Gasteiger partial charge in [-0.2, -0.15) is 4.98 Å². The van der Waals surface area contributed by atoms with Crippen LogP contribution in [-0.4, -0.2) is 23.6 Å². The van der Waals surface area contributed by atoms with Crippen molar-refractivity contribution in [3.63, 3.8) is 0 Å². The summed E-state index contributed by atoms with van der Waals surface area (Å²) in [5, 5.41) is 3.10. The van der Waals surface area contributed by atoms with Crippen molar-refractivity contribution in [1.82, 2.24) is 15.3 Å². The highest BCUT2D eigenvalue weighted by atomic mass is 16.5. The van der Waals surface area contributed by atoms with Crippen LogP contribution in [-0.2, 0) is 6.54 Å². The van der Waals surface area contributed by atoms with E-state index in [9.17, 15) is 0 Å². The fraction of sp³-hybridized carbons (Fsp3) is 0.286. The first-order valence-corrected chi connectivity index (χ1v) is 6.18. The van der Waals surface area contributed by atoms with Crippen LogP contribution >= 0.6 is 0 Å². The Labute approximate surface area is 112 Å². The summed E-state index contributed by atoms with van der Waals surface area (Å²) in [6, 6.07) is 7.81. The van der Waals surface area contributed by atoms with E-state index in [2.05, 4.69) is 15.3 Å². The van der Waals surface area contributed by atoms with Crippen molar-refractivity contribution in [3.8, 4) is 17.5 Å². The Hall–Kier alpha value is -2.14. The van der Waals surface area contributed by atoms with Crippen molar-refractivity contribution in [3.05, 3.63) is 42.2 Å². The number of para-hydroxylation sites is 1. The third-order valence-electron chi connectivity index (χ3n) is 2.44. The molecule has 0 aliphatic rings. The lowest BCUT2D eigenvalue weighted by atomic mass is 10.2. The second-order valence-electron chi connectivity index (χ2n) is 3.87. The SMILES string of the molecule is CCOc1cncc(Oc2ccccc2CNC)n1. The average Bonchev–Trinajstić information content (AvgIpc) is 2.42. The van der Waals surface area contributed by atoms with E-state index < -0.39 is 0 Å². The van der Waals surface area contributed by atoms with Gasteiger partial charge >= 0.3 is 0 Å².